The topological polar surface area (TPSA) is 3.24 Å². The van der Waals surface area contributed by atoms with Gasteiger partial charge in [-0.3, -0.25) is 4.90 Å². The highest BCUT2D eigenvalue weighted by atomic mass is 79.9. The van der Waals surface area contributed by atoms with Crippen LogP contribution >= 0.6 is 27.5 Å². The van der Waals surface area contributed by atoms with Gasteiger partial charge in [0, 0.05) is 17.9 Å². The Morgan fingerprint density at radius 1 is 1.50 bits per heavy atom. The summed E-state index contributed by atoms with van der Waals surface area (Å²) in [6.07, 6.45) is 2.40. The number of piperidine rings is 1. The van der Waals surface area contributed by atoms with Crippen LogP contribution in [0.15, 0.2) is 18.2 Å². The van der Waals surface area contributed by atoms with E-state index in [0.717, 1.165) is 25.2 Å². The molecule has 0 aromatic heterocycles. The van der Waals surface area contributed by atoms with Crippen molar-refractivity contribution < 1.29 is 4.39 Å². The summed E-state index contributed by atoms with van der Waals surface area (Å²) in [4.78, 5) is 2.86. The lowest BCUT2D eigenvalue weighted by molar-refractivity contribution is 0.227. The number of rotatable bonds is 2. The molecule has 0 bridgehead atoms. The number of hydrogen-bond acceptors (Lipinski definition) is 1. The van der Waals surface area contributed by atoms with E-state index in [1.54, 1.807) is 6.07 Å². The van der Waals surface area contributed by atoms with Crippen molar-refractivity contribution in [3.63, 3.8) is 0 Å². The number of alkyl halides is 1. The van der Waals surface area contributed by atoms with Crippen LogP contribution in [0.5, 0.6) is 0 Å². The Labute approximate surface area is 109 Å². The van der Waals surface area contributed by atoms with Crippen LogP contribution < -0.4 is 0 Å². The summed E-state index contributed by atoms with van der Waals surface area (Å²) in [6.45, 7) is 2.81. The second kappa shape index (κ2) is 5.48. The SMILES string of the molecule is Fc1cccc(CN2CCCC(Br)C2)c1Cl. The van der Waals surface area contributed by atoms with Gasteiger partial charge >= 0.3 is 0 Å². The summed E-state index contributed by atoms with van der Waals surface area (Å²) in [6, 6.07) is 5.00. The minimum absolute atomic E-state index is 0.263. The van der Waals surface area contributed by atoms with Crippen molar-refractivity contribution in [2.24, 2.45) is 0 Å². The Hall–Kier alpha value is -0.120. The molecule has 16 heavy (non-hydrogen) atoms. The largest absolute Gasteiger partial charge is 0.298 e. The average Bonchev–Trinajstić information content (AvgIpc) is 2.25. The molecule has 0 saturated carbocycles. The molecule has 1 aliphatic rings. The Bertz CT molecular complexity index is 372. The monoisotopic (exact) mass is 305 g/mol. The van der Waals surface area contributed by atoms with Crippen LogP contribution in [0.25, 0.3) is 0 Å². The van der Waals surface area contributed by atoms with Crippen molar-refractivity contribution in [1.29, 1.82) is 0 Å². The number of likely N-dealkylation sites (tertiary alicyclic amines) is 1. The van der Waals surface area contributed by atoms with E-state index in [1.807, 2.05) is 6.07 Å². The van der Waals surface area contributed by atoms with Crippen molar-refractivity contribution in [1.82, 2.24) is 4.90 Å². The number of benzene rings is 1. The Morgan fingerprint density at radius 3 is 3.06 bits per heavy atom. The summed E-state index contributed by atoms with van der Waals surface area (Å²) in [5.41, 5.74) is 0.878. The smallest absolute Gasteiger partial charge is 0.142 e. The third-order valence-corrected chi connectivity index (χ3v) is 4.04. The fraction of sp³-hybridized carbons (Fsp3) is 0.500. The zero-order valence-electron chi connectivity index (χ0n) is 8.93. The van der Waals surface area contributed by atoms with Crippen molar-refractivity contribution in [3.8, 4) is 0 Å². The standard InChI is InChI=1S/C12H14BrClFN/c13-10-4-2-6-16(8-10)7-9-3-1-5-11(15)12(9)14/h1,3,5,10H,2,4,6-8H2. The molecule has 1 aromatic rings. The zero-order valence-corrected chi connectivity index (χ0v) is 11.3. The quantitative estimate of drug-likeness (QED) is 0.751. The molecular formula is C12H14BrClFN. The molecule has 1 fully saturated rings. The van der Waals surface area contributed by atoms with Gasteiger partial charge in [0.15, 0.2) is 0 Å². The Morgan fingerprint density at radius 2 is 2.31 bits per heavy atom. The molecule has 0 N–H and O–H groups in total. The molecule has 1 nitrogen and oxygen atoms in total. The van der Waals surface area contributed by atoms with Crippen molar-refractivity contribution in [2.45, 2.75) is 24.2 Å². The van der Waals surface area contributed by atoms with E-state index in [4.69, 9.17) is 11.6 Å². The minimum Gasteiger partial charge on any atom is -0.298 e. The van der Waals surface area contributed by atoms with Crippen LogP contribution in [0, 0.1) is 5.82 Å². The fourth-order valence-corrected chi connectivity index (χ4v) is 2.97. The van der Waals surface area contributed by atoms with Crippen LogP contribution in [0.4, 0.5) is 4.39 Å². The van der Waals surface area contributed by atoms with Gasteiger partial charge in [0.05, 0.1) is 5.02 Å². The van der Waals surface area contributed by atoms with E-state index in [2.05, 4.69) is 20.8 Å². The number of nitrogens with zero attached hydrogens (tertiary/aromatic N) is 1. The lowest BCUT2D eigenvalue weighted by Crippen LogP contribution is -2.35. The lowest BCUT2D eigenvalue weighted by Gasteiger charge is -2.30. The maximum atomic E-state index is 13.3. The van der Waals surface area contributed by atoms with E-state index in [1.165, 1.54) is 18.9 Å². The third-order valence-electron chi connectivity index (χ3n) is 2.87. The van der Waals surface area contributed by atoms with Crippen LogP contribution in [0.3, 0.4) is 0 Å². The highest BCUT2D eigenvalue weighted by Gasteiger charge is 2.18. The van der Waals surface area contributed by atoms with E-state index in [-0.39, 0.29) is 10.8 Å². The van der Waals surface area contributed by atoms with Crippen LogP contribution in [0.2, 0.25) is 5.02 Å². The van der Waals surface area contributed by atoms with Crippen LogP contribution in [-0.4, -0.2) is 22.8 Å². The molecule has 88 valence electrons. The van der Waals surface area contributed by atoms with E-state index in [0.29, 0.717) is 4.83 Å². The maximum Gasteiger partial charge on any atom is 0.142 e. The Balaban J connectivity index is 2.05. The van der Waals surface area contributed by atoms with E-state index >= 15 is 0 Å². The number of hydrogen-bond donors (Lipinski definition) is 0. The summed E-state index contributed by atoms with van der Waals surface area (Å²) < 4.78 is 13.3. The highest BCUT2D eigenvalue weighted by molar-refractivity contribution is 9.09. The molecule has 1 heterocycles. The summed E-state index contributed by atoms with van der Waals surface area (Å²) in [7, 11) is 0. The second-order valence-corrected chi connectivity index (χ2v) is 5.86. The summed E-state index contributed by atoms with van der Waals surface area (Å²) in [5, 5.41) is 0.263. The Kier molecular flexibility index (Phi) is 4.22. The van der Waals surface area contributed by atoms with Gasteiger partial charge < -0.3 is 0 Å². The van der Waals surface area contributed by atoms with Gasteiger partial charge in [-0.1, -0.05) is 39.7 Å². The van der Waals surface area contributed by atoms with Gasteiger partial charge in [-0.15, -0.1) is 0 Å². The highest BCUT2D eigenvalue weighted by Crippen LogP contribution is 2.24. The molecular weight excluding hydrogens is 292 g/mol. The number of halogens is 3. The van der Waals surface area contributed by atoms with Gasteiger partial charge in [0.1, 0.15) is 5.82 Å². The average molecular weight is 307 g/mol. The van der Waals surface area contributed by atoms with Gasteiger partial charge in [-0.2, -0.15) is 0 Å². The van der Waals surface area contributed by atoms with Gasteiger partial charge in [-0.05, 0) is 31.0 Å². The molecule has 0 amide bonds. The first-order valence-corrected chi connectivity index (χ1v) is 6.75. The van der Waals surface area contributed by atoms with Gasteiger partial charge in [0.2, 0.25) is 0 Å². The molecule has 2 rings (SSSR count). The molecule has 1 aliphatic heterocycles. The molecule has 0 aliphatic carbocycles. The first kappa shape index (κ1) is 12.3. The molecule has 1 aromatic carbocycles. The predicted octanol–water partition coefficient (Wildman–Crippen LogP) is 3.84. The molecule has 4 heteroatoms. The van der Waals surface area contributed by atoms with Crippen molar-refractivity contribution in [3.05, 3.63) is 34.6 Å². The van der Waals surface area contributed by atoms with Crippen LogP contribution in [-0.2, 0) is 6.54 Å². The van der Waals surface area contributed by atoms with Crippen molar-refractivity contribution in [2.75, 3.05) is 13.1 Å². The van der Waals surface area contributed by atoms with Gasteiger partial charge in [0.25, 0.3) is 0 Å². The van der Waals surface area contributed by atoms with E-state index < -0.39 is 0 Å². The fourth-order valence-electron chi connectivity index (χ4n) is 2.05. The van der Waals surface area contributed by atoms with Crippen molar-refractivity contribution >= 4 is 27.5 Å². The minimum atomic E-state index is -0.327. The third kappa shape index (κ3) is 2.96. The first-order chi connectivity index (χ1) is 7.66. The molecule has 0 spiro atoms. The lowest BCUT2D eigenvalue weighted by atomic mass is 10.1. The summed E-state index contributed by atoms with van der Waals surface area (Å²) in [5.74, 6) is -0.327. The second-order valence-electron chi connectivity index (χ2n) is 4.19. The molecule has 1 unspecified atom stereocenters. The zero-order chi connectivity index (χ0) is 11.5. The first-order valence-electron chi connectivity index (χ1n) is 5.46. The predicted molar refractivity (Wildman–Crippen MR) is 68.6 cm³/mol. The molecule has 1 saturated heterocycles. The summed E-state index contributed by atoms with van der Waals surface area (Å²) >= 11 is 9.56. The maximum absolute atomic E-state index is 13.3. The molecule has 1 atom stereocenters. The van der Waals surface area contributed by atoms with Gasteiger partial charge in [-0.25, -0.2) is 4.39 Å². The van der Waals surface area contributed by atoms with E-state index in [9.17, 15) is 4.39 Å². The normalized spacial score (nSPS) is 22.3. The van der Waals surface area contributed by atoms with Crippen LogP contribution in [0.1, 0.15) is 18.4 Å². The molecule has 0 radical (unpaired) electrons.